The molecule has 43 heavy (non-hydrogen) atoms. The van der Waals surface area contributed by atoms with Crippen LogP contribution in [0.3, 0.4) is 0 Å². The second-order valence-electron chi connectivity index (χ2n) is 9.53. The maximum Gasteiger partial charge on any atom is 0.271 e. The first-order valence-corrected chi connectivity index (χ1v) is 14.3. The lowest BCUT2D eigenvalue weighted by Crippen LogP contribution is -2.18. The molecule has 216 valence electrons. The number of aromatic hydroxyl groups is 1. The first-order chi connectivity index (χ1) is 21.0. The lowest BCUT2D eigenvalue weighted by atomic mass is 10.1. The minimum atomic E-state index is -0.460. The summed E-state index contributed by atoms with van der Waals surface area (Å²) in [7, 11) is 0. The quantitative estimate of drug-likeness (QED) is 0.108. The van der Waals surface area contributed by atoms with Crippen LogP contribution in [0.15, 0.2) is 131 Å². The van der Waals surface area contributed by atoms with E-state index >= 15 is 0 Å². The van der Waals surface area contributed by atoms with Crippen LogP contribution < -0.4 is 19.6 Å². The topological polar surface area (TPSA) is 89.4 Å². The van der Waals surface area contributed by atoms with Crippen LogP contribution in [0.4, 0.5) is 0 Å². The Bertz CT molecular complexity index is 1620. The summed E-state index contributed by atoms with van der Waals surface area (Å²) in [5.74, 6) is 0.772. The van der Waals surface area contributed by atoms with Gasteiger partial charge >= 0.3 is 0 Å². The Morgan fingerprint density at radius 1 is 0.698 bits per heavy atom. The van der Waals surface area contributed by atoms with Gasteiger partial charge in [-0.25, -0.2) is 5.43 Å². The lowest BCUT2D eigenvalue weighted by molar-refractivity contribution is 0.0953. The zero-order valence-electron chi connectivity index (χ0n) is 23.2. The summed E-state index contributed by atoms with van der Waals surface area (Å²) in [6.45, 7) is 0.807. The third-order valence-corrected chi connectivity index (χ3v) is 6.97. The first kappa shape index (κ1) is 29.4. The number of benzene rings is 5. The van der Waals surface area contributed by atoms with Crippen molar-refractivity contribution < 1.29 is 24.1 Å². The predicted molar refractivity (Wildman–Crippen MR) is 170 cm³/mol. The summed E-state index contributed by atoms with van der Waals surface area (Å²) in [5, 5.41) is 13.8. The zero-order valence-corrected chi connectivity index (χ0v) is 24.7. The van der Waals surface area contributed by atoms with Crippen LogP contribution in [0.1, 0.15) is 32.6 Å². The number of amides is 1. The highest BCUT2D eigenvalue weighted by atomic mass is 79.9. The van der Waals surface area contributed by atoms with Gasteiger partial charge in [0.1, 0.15) is 25.6 Å². The van der Waals surface area contributed by atoms with E-state index in [-0.39, 0.29) is 31.1 Å². The molecule has 0 spiro atoms. The average Bonchev–Trinajstić information content (AvgIpc) is 3.05. The number of rotatable bonds is 12. The smallest absolute Gasteiger partial charge is 0.271 e. The van der Waals surface area contributed by atoms with Crippen LogP contribution in [0.2, 0.25) is 0 Å². The molecule has 0 heterocycles. The van der Waals surface area contributed by atoms with Crippen molar-refractivity contribution >= 4 is 28.1 Å². The van der Waals surface area contributed by atoms with Crippen molar-refractivity contribution in [2.75, 3.05) is 0 Å². The summed E-state index contributed by atoms with van der Waals surface area (Å²) in [5.41, 5.74) is 6.43. The van der Waals surface area contributed by atoms with Crippen molar-refractivity contribution in [2.45, 2.75) is 19.8 Å². The van der Waals surface area contributed by atoms with Crippen molar-refractivity contribution in [2.24, 2.45) is 5.10 Å². The molecule has 0 saturated heterocycles. The second kappa shape index (κ2) is 14.7. The van der Waals surface area contributed by atoms with E-state index in [2.05, 4.69) is 26.5 Å². The molecular weight excluding hydrogens is 608 g/mol. The highest BCUT2D eigenvalue weighted by Gasteiger charge is 2.20. The molecule has 0 atom stereocenters. The lowest BCUT2D eigenvalue weighted by Gasteiger charge is -2.19. The van der Waals surface area contributed by atoms with E-state index in [1.54, 1.807) is 24.3 Å². The molecule has 5 aromatic rings. The van der Waals surface area contributed by atoms with E-state index in [1.807, 2.05) is 91.0 Å². The summed E-state index contributed by atoms with van der Waals surface area (Å²) >= 11 is 3.28. The molecular formula is C35H29BrN2O5. The molecule has 0 bridgehead atoms. The van der Waals surface area contributed by atoms with Gasteiger partial charge in [0.15, 0.2) is 11.5 Å². The Kier molecular flexibility index (Phi) is 10.1. The predicted octanol–water partition coefficient (Wildman–Crippen LogP) is 7.66. The fourth-order valence-electron chi connectivity index (χ4n) is 4.10. The number of nitrogens with one attached hydrogen (secondary N) is 1. The third kappa shape index (κ3) is 8.47. The number of nitrogens with zero attached hydrogens (tertiary/aromatic N) is 1. The van der Waals surface area contributed by atoms with Crippen LogP contribution in [0, 0.1) is 0 Å². The molecule has 8 heteroatoms. The van der Waals surface area contributed by atoms with Crippen molar-refractivity contribution in [3.63, 3.8) is 0 Å². The van der Waals surface area contributed by atoms with Crippen molar-refractivity contribution in [1.29, 1.82) is 0 Å². The monoisotopic (exact) mass is 636 g/mol. The molecule has 0 aliphatic heterocycles. The van der Waals surface area contributed by atoms with Gasteiger partial charge in [0.2, 0.25) is 5.75 Å². The van der Waals surface area contributed by atoms with Crippen LogP contribution in [0.5, 0.6) is 23.0 Å². The molecule has 0 unspecified atom stereocenters. The van der Waals surface area contributed by atoms with Crippen molar-refractivity contribution in [3.05, 3.63) is 154 Å². The number of phenols is 1. The largest absolute Gasteiger partial charge is 0.507 e. The molecule has 0 saturated carbocycles. The molecule has 5 rings (SSSR count). The minimum absolute atomic E-state index is 0.113. The molecule has 0 radical (unpaired) electrons. The Balaban J connectivity index is 1.45. The van der Waals surface area contributed by atoms with Gasteiger partial charge in [-0.3, -0.25) is 4.79 Å². The van der Waals surface area contributed by atoms with E-state index in [0.717, 1.165) is 16.7 Å². The number of halogens is 1. The Hall–Kier alpha value is -5.08. The van der Waals surface area contributed by atoms with Gasteiger partial charge in [-0.1, -0.05) is 91.0 Å². The molecule has 1 amide bonds. The van der Waals surface area contributed by atoms with E-state index < -0.39 is 5.91 Å². The molecule has 0 aliphatic carbocycles. The van der Waals surface area contributed by atoms with Crippen molar-refractivity contribution in [1.82, 2.24) is 5.43 Å². The van der Waals surface area contributed by atoms with Crippen molar-refractivity contribution in [3.8, 4) is 23.0 Å². The van der Waals surface area contributed by atoms with Gasteiger partial charge < -0.3 is 19.3 Å². The zero-order chi connectivity index (χ0) is 29.9. The van der Waals surface area contributed by atoms with E-state index in [0.29, 0.717) is 27.3 Å². The fraction of sp³-hybridized carbons (Fsp3) is 0.0857. The number of carbonyl (C=O) groups excluding carboxylic acids is 1. The summed E-state index contributed by atoms with van der Waals surface area (Å²) in [6, 6.07) is 37.4. The van der Waals surface area contributed by atoms with Gasteiger partial charge in [-0.05, 0) is 68.5 Å². The third-order valence-electron chi connectivity index (χ3n) is 6.33. The SMILES string of the molecule is O=C(N/N=C/c1ccc(O)c(Br)c1)c1cc(OCc2ccccc2)c(OCc2ccccc2)c(OCc2ccccc2)c1. The summed E-state index contributed by atoms with van der Waals surface area (Å²) in [4.78, 5) is 13.3. The fourth-order valence-corrected chi connectivity index (χ4v) is 4.49. The van der Waals surface area contributed by atoms with E-state index in [1.165, 1.54) is 12.3 Å². The second-order valence-corrected chi connectivity index (χ2v) is 10.4. The number of hydrazone groups is 1. The Morgan fingerprint density at radius 2 is 1.19 bits per heavy atom. The van der Waals surface area contributed by atoms with E-state index in [9.17, 15) is 9.90 Å². The molecule has 5 aromatic carbocycles. The van der Waals surface area contributed by atoms with Crippen LogP contribution in [0.25, 0.3) is 0 Å². The molecule has 2 N–H and O–H groups in total. The number of phenolic OH excluding ortho intramolecular Hbond substituents is 1. The minimum Gasteiger partial charge on any atom is -0.507 e. The van der Waals surface area contributed by atoms with Gasteiger partial charge in [-0.15, -0.1) is 0 Å². The number of hydrogen-bond acceptors (Lipinski definition) is 6. The van der Waals surface area contributed by atoms with Gasteiger partial charge in [-0.2, -0.15) is 5.10 Å². The van der Waals surface area contributed by atoms with Crippen LogP contribution in [-0.2, 0) is 19.8 Å². The number of carbonyl (C=O) groups is 1. The molecule has 7 nitrogen and oxygen atoms in total. The number of ether oxygens (including phenoxy) is 3. The van der Waals surface area contributed by atoms with Gasteiger partial charge in [0.25, 0.3) is 5.91 Å². The maximum absolute atomic E-state index is 13.3. The number of hydrogen-bond donors (Lipinski definition) is 2. The standard InChI is InChI=1S/C35H29BrN2O5/c36-30-18-28(16-17-31(30)39)21-37-38-35(40)29-19-32(41-22-25-10-4-1-5-11-25)34(43-24-27-14-8-3-9-15-27)33(20-29)42-23-26-12-6-2-7-13-26/h1-21,39H,22-24H2,(H,38,40)/b37-21+. The maximum atomic E-state index is 13.3. The van der Waals surface area contributed by atoms with Gasteiger partial charge in [0, 0.05) is 5.56 Å². The van der Waals surface area contributed by atoms with Crippen LogP contribution in [-0.4, -0.2) is 17.2 Å². The molecule has 0 aliphatic rings. The van der Waals surface area contributed by atoms with Crippen LogP contribution >= 0.6 is 15.9 Å². The normalized spacial score (nSPS) is 10.8. The molecule has 0 fully saturated rings. The Morgan fingerprint density at radius 3 is 1.67 bits per heavy atom. The highest BCUT2D eigenvalue weighted by Crippen LogP contribution is 2.40. The van der Waals surface area contributed by atoms with E-state index in [4.69, 9.17) is 14.2 Å². The average molecular weight is 638 g/mol. The first-order valence-electron chi connectivity index (χ1n) is 13.6. The summed E-state index contributed by atoms with van der Waals surface area (Å²) < 4.78 is 19.3. The molecule has 0 aromatic heterocycles. The highest BCUT2D eigenvalue weighted by molar-refractivity contribution is 9.10. The Labute approximate surface area is 258 Å². The summed E-state index contributed by atoms with van der Waals surface area (Å²) in [6.07, 6.45) is 1.49. The van der Waals surface area contributed by atoms with Gasteiger partial charge in [0.05, 0.1) is 10.7 Å².